The van der Waals surface area contributed by atoms with Crippen LogP contribution in [0.5, 0.6) is 0 Å². The van der Waals surface area contributed by atoms with Crippen molar-refractivity contribution in [1.29, 1.82) is 0 Å². The number of ketones is 1. The normalized spacial score (nSPS) is 29.0. The van der Waals surface area contributed by atoms with Gasteiger partial charge in [0.15, 0.2) is 5.78 Å². The van der Waals surface area contributed by atoms with Gasteiger partial charge in [-0.2, -0.15) is 0 Å². The van der Waals surface area contributed by atoms with Gasteiger partial charge in [0.25, 0.3) is 0 Å². The second-order valence-electron chi connectivity index (χ2n) is 4.18. The molecule has 1 unspecified atom stereocenters. The Morgan fingerprint density at radius 3 is 2.77 bits per heavy atom. The molecule has 1 aliphatic rings. The maximum Gasteiger partial charge on any atom is 0.161 e. The van der Waals surface area contributed by atoms with Crippen molar-refractivity contribution in [2.24, 2.45) is 5.41 Å². The minimum Gasteiger partial charge on any atom is -0.294 e. The van der Waals surface area contributed by atoms with Gasteiger partial charge in [0.05, 0.1) is 0 Å². The van der Waals surface area contributed by atoms with Crippen LogP contribution in [0.1, 0.15) is 40.0 Å². The summed E-state index contributed by atoms with van der Waals surface area (Å²) < 4.78 is 0. The van der Waals surface area contributed by atoms with Gasteiger partial charge in [-0.3, -0.25) is 4.79 Å². The van der Waals surface area contributed by atoms with Crippen LogP contribution < -0.4 is 0 Å². The van der Waals surface area contributed by atoms with E-state index in [-0.39, 0.29) is 11.2 Å². The van der Waals surface area contributed by atoms with Gasteiger partial charge in [-0.1, -0.05) is 24.6 Å². The Balaban J connectivity index is 2.73. The van der Waals surface area contributed by atoms with Crippen LogP contribution in [0, 0.1) is 5.41 Å². The van der Waals surface area contributed by atoms with E-state index in [1.807, 2.05) is 13.0 Å². The molecule has 0 N–H and O–H groups in total. The number of hydrogen-bond donors (Lipinski definition) is 0. The van der Waals surface area contributed by atoms with Crippen LogP contribution >= 0.6 is 0 Å². The van der Waals surface area contributed by atoms with Crippen molar-refractivity contribution in [2.75, 3.05) is 0 Å². The molecule has 0 aromatic carbocycles. The van der Waals surface area contributed by atoms with Crippen molar-refractivity contribution in [1.82, 2.24) is 0 Å². The molecular weight excluding hydrogens is 160 g/mol. The van der Waals surface area contributed by atoms with Crippen molar-refractivity contribution in [3.05, 3.63) is 23.8 Å². The minimum absolute atomic E-state index is 0.133. The van der Waals surface area contributed by atoms with Crippen LogP contribution in [0.3, 0.4) is 0 Å². The second kappa shape index (κ2) is 3.91. The zero-order valence-electron chi connectivity index (χ0n) is 8.76. The fourth-order valence-corrected chi connectivity index (χ4v) is 1.65. The molecule has 13 heavy (non-hydrogen) atoms. The predicted molar refractivity (Wildman–Crippen MR) is 55.5 cm³/mol. The number of rotatable bonds is 2. The Morgan fingerprint density at radius 2 is 2.31 bits per heavy atom. The number of allylic oxidation sites excluding steroid dienone is 4. The lowest BCUT2D eigenvalue weighted by Crippen LogP contribution is -2.27. The second-order valence-corrected chi connectivity index (χ2v) is 4.18. The van der Waals surface area contributed by atoms with Crippen molar-refractivity contribution in [3.8, 4) is 0 Å². The standard InChI is InChI=1S/C12H18O/c1-4-5-11(13)12(3)8-6-10(2)7-9-12/h4-6H,7-9H2,1-3H3/b5-4+. The van der Waals surface area contributed by atoms with Gasteiger partial charge in [-0.25, -0.2) is 0 Å². The summed E-state index contributed by atoms with van der Waals surface area (Å²) >= 11 is 0. The fraction of sp³-hybridized carbons (Fsp3) is 0.583. The molecule has 0 spiro atoms. The molecular formula is C12H18O. The maximum atomic E-state index is 11.7. The topological polar surface area (TPSA) is 17.1 Å². The average Bonchev–Trinajstić information content (AvgIpc) is 2.11. The van der Waals surface area contributed by atoms with Gasteiger partial charge in [0, 0.05) is 5.41 Å². The van der Waals surface area contributed by atoms with Gasteiger partial charge < -0.3 is 0 Å². The molecule has 0 saturated carbocycles. The fourth-order valence-electron chi connectivity index (χ4n) is 1.65. The average molecular weight is 178 g/mol. The van der Waals surface area contributed by atoms with Gasteiger partial charge in [-0.05, 0) is 39.2 Å². The Bertz CT molecular complexity index is 260. The molecule has 1 aliphatic carbocycles. The minimum atomic E-state index is -0.133. The summed E-state index contributed by atoms with van der Waals surface area (Å²) in [7, 11) is 0. The number of carbonyl (C=O) groups is 1. The van der Waals surface area contributed by atoms with Crippen LogP contribution in [0.15, 0.2) is 23.8 Å². The molecule has 1 nitrogen and oxygen atoms in total. The smallest absolute Gasteiger partial charge is 0.161 e. The number of hydrogen-bond acceptors (Lipinski definition) is 1. The van der Waals surface area contributed by atoms with E-state index in [9.17, 15) is 4.79 Å². The lowest BCUT2D eigenvalue weighted by atomic mass is 9.73. The largest absolute Gasteiger partial charge is 0.294 e. The van der Waals surface area contributed by atoms with Crippen LogP contribution in [-0.2, 0) is 4.79 Å². The monoisotopic (exact) mass is 178 g/mol. The summed E-state index contributed by atoms with van der Waals surface area (Å²) in [6.07, 6.45) is 8.71. The van der Waals surface area contributed by atoms with Gasteiger partial charge >= 0.3 is 0 Å². The summed E-state index contributed by atoms with van der Waals surface area (Å²) in [6.45, 7) is 6.10. The molecule has 72 valence electrons. The molecule has 0 radical (unpaired) electrons. The van der Waals surface area contributed by atoms with Crippen LogP contribution in [0.4, 0.5) is 0 Å². The van der Waals surface area contributed by atoms with E-state index >= 15 is 0 Å². The molecule has 1 atom stereocenters. The Hall–Kier alpha value is -0.850. The third-order valence-electron chi connectivity index (χ3n) is 2.89. The Labute approximate surface area is 80.5 Å². The lowest BCUT2D eigenvalue weighted by Gasteiger charge is -2.29. The zero-order valence-corrected chi connectivity index (χ0v) is 8.76. The van der Waals surface area contributed by atoms with E-state index in [1.54, 1.807) is 6.08 Å². The predicted octanol–water partition coefficient (Wildman–Crippen LogP) is 3.27. The van der Waals surface area contributed by atoms with E-state index in [0.29, 0.717) is 0 Å². The molecule has 1 rings (SSSR count). The van der Waals surface area contributed by atoms with Crippen molar-refractivity contribution in [2.45, 2.75) is 40.0 Å². The van der Waals surface area contributed by atoms with E-state index in [1.165, 1.54) is 5.57 Å². The molecule has 0 aromatic heterocycles. The molecule has 0 aliphatic heterocycles. The van der Waals surface area contributed by atoms with E-state index in [2.05, 4.69) is 19.9 Å². The summed E-state index contributed by atoms with van der Waals surface area (Å²) in [5.74, 6) is 0.277. The molecule has 1 heteroatoms. The number of carbonyl (C=O) groups excluding carboxylic acids is 1. The highest BCUT2D eigenvalue weighted by atomic mass is 16.1. The molecule has 0 saturated heterocycles. The molecule has 0 amide bonds. The van der Waals surface area contributed by atoms with Crippen LogP contribution in [0.25, 0.3) is 0 Å². The Kier molecular flexibility index (Phi) is 3.07. The highest BCUT2D eigenvalue weighted by Gasteiger charge is 2.31. The molecule has 0 bridgehead atoms. The SMILES string of the molecule is C/C=C/C(=O)C1(C)CC=C(C)CC1. The van der Waals surface area contributed by atoms with E-state index in [4.69, 9.17) is 0 Å². The summed E-state index contributed by atoms with van der Waals surface area (Å²) in [5.41, 5.74) is 1.29. The lowest BCUT2D eigenvalue weighted by molar-refractivity contribution is -0.123. The van der Waals surface area contributed by atoms with Gasteiger partial charge in [-0.15, -0.1) is 0 Å². The first-order valence-electron chi connectivity index (χ1n) is 4.91. The zero-order chi connectivity index (χ0) is 9.90. The Morgan fingerprint density at radius 1 is 1.62 bits per heavy atom. The van der Waals surface area contributed by atoms with Crippen molar-refractivity contribution >= 4 is 5.78 Å². The van der Waals surface area contributed by atoms with E-state index in [0.717, 1.165) is 19.3 Å². The van der Waals surface area contributed by atoms with Crippen LogP contribution in [0.2, 0.25) is 0 Å². The quantitative estimate of drug-likeness (QED) is 0.468. The molecule has 0 aromatic rings. The molecule has 0 fully saturated rings. The maximum absolute atomic E-state index is 11.7. The highest BCUT2D eigenvalue weighted by molar-refractivity contribution is 5.94. The van der Waals surface area contributed by atoms with Crippen LogP contribution in [-0.4, -0.2) is 5.78 Å². The van der Waals surface area contributed by atoms with Gasteiger partial charge in [0.2, 0.25) is 0 Å². The van der Waals surface area contributed by atoms with Crippen molar-refractivity contribution < 1.29 is 4.79 Å². The third-order valence-corrected chi connectivity index (χ3v) is 2.89. The molecule has 0 heterocycles. The summed E-state index contributed by atoms with van der Waals surface area (Å²) in [4.78, 5) is 11.7. The van der Waals surface area contributed by atoms with Crippen molar-refractivity contribution in [3.63, 3.8) is 0 Å². The highest BCUT2D eigenvalue weighted by Crippen LogP contribution is 2.35. The van der Waals surface area contributed by atoms with Gasteiger partial charge in [0.1, 0.15) is 0 Å². The first-order chi connectivity index (χ1) is 6.08. The van der Waals surface area contributed by atoms with E-state index < -0.39 is 0 Å². The third kappa shape index (κ3) is 2.30. The first-order valence-corrected chi connectivity index (χ1v) is 4.91. The summed E-state index contributed by atoms with van der Waals surface area (Å²) in [6, 6.07) is 0. The first kappa shape index (κ1) is 10.2. The summed E-state index contributed by atoms with van der Waals surface area (Å²) in [5, 5.41) is 0.